The van der Waals surface area contributed by atoms with Gasteiger partial charge in [-0.25, -0.2) is 0 Å². The molecule has 5 atom stereocenters. The van der Waals surface area contributed by atoms with E-state index in [9.17, 15) is 39.0 Å². The van der Waals surface area contributed by atoms with Crippen LogP contribution in [0.15, 0.2) is 58.5 Å². The van der Waals surface area contributed by atoms with Crippen molar-refractivity contribution in [3.05, 3.63) is 59.7 Å². The topological polar surface area (TPSA) is 358 Å². The summed E-state index contributed by atoms with van der Waals surface area (Å²) in [6, 6.07) is 6.06. The van der Waals surface area contributed by atoms with Gasteiger partial charge in [0.05, 0.1) is 0 Å². The van der Waals surface area contributed by atoms with Crippen molar-refractivity contribution in [3.8, 4) is 11.5 Å². The largest absolute Gasteiger partial charge is 0.508 e. The predicted octanol–water partition coefficient (Wildman–Crippen LogP) is -2.03. The number of phenols is 2. The third-order valence-electron chi connectivity index (χ3n) is 8.60. The number of carbonyl (C=O) groups is 6. The van der Waals surface area contributed by atoms with Gasteiger partial charge in [-0.3, -0.25) is 38.8 Å². The van der Waals surface area contributed by atoms with E-state index in [0.717, 1.165) is 0 Å². The van der Waals surface area contributed by atoms with E-state index in [-0.39, 0.29) is 87.4 Å². The zero-order valence-corrected chi connectivity index (χ0v) is 33.1. The van der Waals surface area contributed by atoms with Gasteiger partial charge >= 0.3 is 0 Å². The zero-order valence-electron chi connectivity index (χ0n) is 33.1. The summed E-state index contributed by atoms with van der Waals surface area (Å²) in [6.45, 7) is 5.12. The van der Waals surface area contributed by atoms with E-state index in [1.807, 2.05) is 13.8 Å². The first kappa shape index (κ1) is 47.6. The van der Waals surface area contributed by atoms with Crippen molar-refractivity contribution in [1.82, 2.24) is 26.6 Å². The van der Waals surface area contributed by atoms with Crippen LogP contribution in [-0.4, -0.2) is 101 Å². The molecule has 0 aliphatic rings. The minimum Gasteiger partial charge on any atom is -0.508 e. The Labute approximate surface area is 337 Å². The van der Waals surface area contributed by atoms with Crippen molar-refractivity contribution in [2.75, 3.05) is 13.1 Å². The maximum Gasteiger partial charge on any atom is 0.243 e. The normalized spacial score (nSPS) is 13.4. The molecule has 0 bridgehead atoms. The van der Waals surface area contributed by atoms with E-state index in [1.165, 1.54) is 31.2 Å². The Balaban J connectivity index is 2.36. The number of hydrogen-bond donors (Lipinski definition) is 12. The maximum absolute atomic E-state index is 14.0. The average molecular weight is 811 g/mol. The van der Waals surface area contributed by atoms with E-state index in [4.69, 9.17) is 28.7 Å². The SMILES string of the molecule is CC(=O)N[C@@H](Cc1ccc(O)cc1)C(=O)N[C@@H](CCCN=C(N)N)C(=O)N[C@@H](CC(C)C)C(=O)N[C@@H](CCCN=C(N)N)C(=O)N[C@@H](Cc1ccc(O)cc1)C(N)=O. The fourth-order valence-electron chi connectivity index (χ4n) is 5.75. The molecule has 2 aromatic carbocycles. The van der Waals surface area contributed by atoms with Crippen LogP contribution < -0.4 is 55.3 Å². The highest BCUT2D eigenvalue weighted by Crippen LogP contribution is 2.14. The molecule has 20 heteroatoms. The molecule has 17 N–H and O–H groups in total. The van der Waals surface area contributed by atoms with Gasteiger partial charge in [0.2, 0.25) is 35.4 Å². The number of guanidine groups is 2. The van der Waals surface area contributed by atoms with Crippen molar-refractivity contribution < 1.29 is 39.0 Å². The molecule has 0 heterocycles. The highest BCUT2D eigenvalue weighted by Gasteiger charge is 2.32. The van der Waals surface area contributed by atoms with Crippen molar-refractivity contribution in [1.29, 1.82) is 0 Å². The molecule has 58 heavy (non-hydrogen) atoms. The van der Waals surface area contributed by atoms with Crippen LogP contribution >= 0.6 is 0 Å². The Hall–Kier alpha value is -6.60. The van der Waals surface area contributed by atoms with Crippen LogP contribution in [0, 0.1) is 5.92 Å². The lowest BCUT2D eigenvalue weighted by molar-refractivity contribution is -0.135. The number of hydrogen-bond acceptors (Lipinski definition) is 10. The molecule has 6 amide bonds. The summed E-state index contributed by atoms with van der Waals surface area (Å²) >= 11 is 0. The minimum atomic E-state index is -1.23. The van der Waals surface area contributed by atoms with Crippen LogP contribution in [0.5, 0.6) is 11.5 Å². The quantitative estimate of drug-likeness (QED) is 0.0310. The third-order valence-corrected chi connectivity index (χ3v) is 8.60. The molecule has 0 fully saturated rings. The van der Waals surface area contributed by atoms with Crippen LogP contribution in [0.1, 0.15) is 64.0 Å². The number of nitrogens with one attached hydrogen (secondary N) is 5. The molecule has 2 rings (SSSR count). The Bertz CT molecular complexity index is 1740. The molecule has 0 unspecified atom stereocenters. The van der Waals surface area contributed by atoms with E-state index in [1.54, 1.807) is 24.3 Å². The molecule has 0 radical (unpaired) electrons. The van der Waals surface area contributed by atoms with Crippen LogP contribution in [-0.2, 0) is 41.6 Å². The minimum absolute atomic E-state index is 0.00389. The van der Waals surface area contributed by atoms with Crippen molar-refractivity contribution in [2.45, 2.75) is 95.9 Å². The monoisotopic (exact) mass is 810 g/mol. The lowest BCUT2D eigenvalue weighted by Gasteiger charge is -2.28. The molecule has 0 aliphatic heterocycles. The molecular formula is C38H58N12O8. The van der Waals surface area contributed by atoms with Crippen molar-refractivity contribution >= 4 is 47.4 Å². The molecule has 0 aromatic heterocycles. The van der Waals surface area contributed by atoms with Gasteiger partial charge in [-0.05, 0) is 73.4 Å². The predicted molar refractivity (Wildman–Crippen MR) is 217 cm³/mol. The molecular weight excluding hydrogens is 752 g/mol. The Morgan fingerprint density at radius 2 is 0.914 bits per heavy atom. The summed E-state index contributed by atoms with van der Waals surface area (Å²) in [7, 11) is 0. The molecule has 0 saturated heterocycles. The highest BCUT2D eigenvalue weighted by atomic mass is 16.3. The molecule has 318 valence electrons. The number of rotatable bonds is 24. The number of primary amides is 1. The second-order valence-corrected chi connectivity index (χ2v) is 14.2. The van der Waals surface area contributed by atoms with E-state index in [2.05, 4.69) is 36.6 Å². The summed E-state index contributed by atoms with van der Waals surface area (Å²) in [5.41, 5.74) is 28.7. The van der Waals surface area contributed by atoms with Gasteiger partial charge in [0, 0.05) is 32.9 Å². The standard InChI is InChI=1S/C38H58N12O8/c1-21(2)18-30(35(57)47-27(6-4-16-44-37(40)41)33(55)49-29(32(39)54)19-23-8-12-25(52)13-9-23)50-34(56)28(7-5-17-45-38(42)43)48-36(58)31(46-22(3)51)20-24-10-14-26(53)15-11-24/h8-15,21,27-31,52-53H,4-7,16-20H2,1-3H3,(H2,39,54)(H,46,51)(H,47,57)(H,48,58)(H,49,55)(H,50,56)(H4,40,41,44)(H4,42,43,45)/t27-,28-,29-,30-,31-/m0/s1. The van der Waals surface area contributed by atoms with Crippen molar-refractivity contribution in [3.63, 3.8) is 0 Å². The molecule has 0 saturated carbocycles. The number of aromatic hydroxyl groups is 2. The number of phenolic OH excluding ortho intramolecular Hbond substituents is 2. The van der Waals surface area contributed by atoms with Crippen LogP contribution in [0.3, 0.4) is 0 Å². The number of carbonyl (C=O) groups excluding carboxylic acids is 6. The third kappa shape index (κ3) is 18.4. The summed E-state index contributed by atoms with van der Waals surface area (Å²) in [5, 5.41) is 32.6. The summed E-state index contributed by atoms with van der Waals surface area (Å²) < 4.78 is 0. The zero-order chi connectivity index (χ0) is 43.4. The number of benzene rings is 2. The first-order valence-electron chi connectivity index (χ1n) is 18.8. The first-order valence-corrected chi connectivity index (χ1v) is 18.8. The maximum atomic E-state index is 14.0. The number of aliphatic imine (C=N–C) groups is 2. The lowest BCUT2D eigenvalue weighted by Crippen LogP contribution is -2.59. The fourth-order valence-corrected chi connectivity index (χ4v) is 5.75. The molecule has 0 spiro atoms. The Morgan fingerprint density at radius 3 is 1.29 bits per heavy atom. The van der Waals surface area contributed by atoms with Gasteiger partial charge in [-0.1, -0.05) is 38.1 Å². The van der Waals surface area contributed by atoms with E-state index >= 15 is 0 Å². The van der Waals surface area contributed by atoms with Crippen LogP contribution in [0.25, 0.3) is 0 Å². The second kappa shape index (κ2) is 24.1. The smallest absolute Gasteiger partial charge is 0.243 e. The summed E-state index contributed by atoms with van der Waals surface area (Å²) in [6.07, 6.45) is 0.678. The molecule has 2 aromatic rings. The van der Waals surface area contributed by atoms with E-state index in [0.29, 0.717) is 11.1 Å². The first-order chi connectivity index (χ1) is 27.3. The summed E-state index contributed by atoms with van der Waals surface area (Å²) in [4.78, 5) is 87.6. The fraction of sp³-hybridized carbons (Fsp3) is 0.474. The molecule has 0 aliphatic carbocycles. The number of nitrogens with two attached hydrogens (primary N) is 5. The molecule has 20 nitrogen and oxygen atoms in total. The van der Waals surface area contributed by atoms with E-state index < -0.39 is 65.7 Å². The van der Waals surface area contributed by atoms with Gasteiger partial charge in [-0.2, -0.15) is 0 Å². The van der Waals surface area contributed by atoms with Crippen LogP contribution in [0.2, 0.25) is 0 Å². The number of nitrogens with zero attached hydrogens (tertiary/aromatic N) is 2. The highest BCUT2D eigenvalue weighted by molar-refractivity contribution is 5.96. The van der Waals surface area contributed by atoms with Gasteiger partial charge in [0.1, 0.15) is 41.7 Å². The Morgan fingerprint density at radius 1 is 0.552 bits per heavy atom. The average Bonchev–Trinajstić information content (AvgIpc) is 3.14. The van der Waals surface area contributed by atoms with Crippen LogP contribution in [0.4, 0.5) is 0 Å². The lowest BCUT2D eigenvalue weighted by atomic mass is 10.00. The number of amides is 6. The summed E-state index contributed by atoms with van der Waals surface area (Å²) in [5.74, 6) is -4.69. The van der Waals surface area contributed by atoms with Gasteiger partial charge < -0.3 is 65.5 Å². The van der Waals surface area contributed by atoms with Gasteiger partial charge in [0.15, 0.2) is 11.9 Å². The van der Waals surface area contributed by atoms with Gasteiger partial charge in [0.25, 0.3) is 0 Å². The van der Waals surface area contributed by atoms with Gasteiger partial charge in [-0.15, -0.1) is 0 Å². The Kier molecular flexibility index (Phi) is 19.8. The second-order valence-electron chi connectivity index (χ2n) is 14.2. The van der Waals surface area contributed by atoms with Crippen molar-refractivity contribution in [2.24, 2.45) is 44.6 Å².